The second-order valence-electron chi connectivity index (χ2n) is 7.03. The smallest absolute Gasteiger partial charge is 0.241 e. The Morgan fingerprint density at radius 2 is 1.56 bits per heavy atom. The van der Waals surface area contributed by atoms with Gasteiger partial charge in [0.1, 0.15) is 0 Å². The highest BCUT2D eigenvalue weighted by Crippen LogP contribution is 2.39. The van der Waals surface area contributed by atoms with Gasteiger partial charge in [-0.25, -0.2) is 4.90 Å². The van der Waals surface area contributed by atoms with Crippen LogP contribution in [-0.4, -0.2) is 16.4 Å². The molecule has 0 aliphatic carbocycles. The van der Waals surface area contributed by atoms with Gasteiger partial charge in [0.05, 0.1) is 11.6 Å². The lowest BCUT2D eigenvalue weighted by atomic mass is 9.97. The first-order valence-electron chi connectivity index (χ1n) is 9.03. The van der Waals surface area contributed by atoms with E-state index in [0.717, 1.165) is 27.2 Å². The fourth-order valence-electron chi connectivity index (χ4n) is 4.18. The Labute approximate surface area is 156 Å². The van der Waals surface area contributed by atoms with Gasteiger partial charge in [-0.3, -0.25) is 9.59 Å². The molecule has 5 rings (SSSR count). The molecule has 0 saturated carbocycles. The lowest BCUT2D eigenvalue weighted by Crippen LogP contribution is -2.30. The van der Waals surface area contributed by atoms with Crippen LogP contribution in [0.2, 0.25) is 0 Å². The van der Waals surface area contributed by atoms with Crippen LogP contribution in [0.25, 0.3) is 21.7 Å². The number of anilines is 1. The number of nitrogens with zero attached hydrogens (tertiary/aromatic N) is 2. The third-order valence-electron chi connectivity index (χ3n) is 5.46. The zero-order valence-electron chi connectivity index (χ0n) is 14.9. The second kappa shape index (κ2) is 5.81. The van der Waals surface area contributed by atoms with Crippen LogP contribution in [0.15, 0.2) is 72.9 Å². The summed E-state index contributed by atoms with van der Waals surface area (Å²) in [6.07, 6.45) is 2.18. The highest BCUT2D eigenvalue weighted by atomic mass is 16.2. The summed E-state index contributed by atoms with van der Waals surface area (Å²) in [5.74, 6) is -0.732. The fourth-order valence-corrected chi connectivity index (χ4v) is 4.18. The average Bonchev–Trinajstić information content (AvgIpc) is 3.18. The molecule has 2 amide bonds. The van der Waals surface area contributed by atoms with E-state index in [0.29, 0.717) is 5.69 Å². The topological polar surface area (TPSA) is 42.3 Å². The van der Waals surface area contributed by atoms with Gasteiger partial charge in [0.2, 0.25) is 11.8 Å². The second-order valence-corrected chi connectivity index (χ2v) is 7.03. The maximum Gasteiger partial charge on any atom is 0.241 e. The molecule has 0 radical (unpaired) electrons. The largest absolute Gasteiger partial charge is 0.350 e. The van der Waals surface area contributed by atoms with E-state index in [1.54, 1.807) is 0 Å². The van der Waals surface area contributed by atoms with E-state index >= 15 is 0 Å². The average molecular weight is 354 g/mol. The number of rotatable bonds is 2. The summed E-state index contributed by atoms with van der Waals surface area (Å²) in [6.45, 7) is 0. The van der Waals surface area contributed by atoms with Crippen LogP contribution < -0.4 is 4.90 Å². The van der Waals surface area contributed by atoms with Crippen molar-refractivity contribution >= 4 is 39.2 Å². The van der Waals surface area contributed by atoms with Gasteiger partial charge in [-0.15, -0.1) is 0 Å². The molecule has 0 spiro atoms. The predicted octanol–water partition coefficient (Wildman–Crippen LogP) is 4.38. The van der Waals surface area contributed by atoms with Crippen molar-refractivity contribution in [1.29, 1.82) is 0 Å². The molecule has 132 valence electrons. The number of amides is 2. The minimum absolute atomic E-state index is 0.144. The number of carbonyl (C=O) groups is 2. The molecule has 2 heterocycles. The van der Waals surface area contributed by atoms with Gasteiger partial charge in [0, 0.05) is 36.0 Å². The Balaban J connectivity index is 1.63. The molecule has 1 unspecified atom stereocenters. The zero-order chi connectivity index (χ0) is 18.5. The van der Waals surface area contributed by atoms with Gasteiger partial charge in [-0.05, 0) is 23.1 Å². The van der Waals surface area contributed by atoms with Crippen LogP contribution in [0, 0.1) is 0 Å². The molecular formula is C23H18N2O2. The highest BCUT2D eigenvalue weighted by molar-refractivity contribution is 6.26. The number of hydrogen-bond acceptors (Lipinski definition) is 2. The van der Waals surface area contributed by atoms with E-state index in [4.69, 9.17) is 0 Å². The molecule has 4 aromatic rings. The molecule has 3 aromatic carbocycles. The van der Waals surface area contributed by atoms with E-state index < -0.39 is 5.92 Å². The normalized spacial score (nSPS) is 17.4. The summed E-state index contributed by atoms with van der Waals surface area (Å²) >= 11 is 0. The van der Waals surface area contributed by atoms with Gasteiger partial charge >= 0.3 is 0 Å². The third-order valence-corrected chi connectivity index (χ3v) is 5.46. The molecule has 27 heavy (non-hydrogen) atoms. The van der Waals surface area contributed by atoms with Crippen molar-refractivity contribution in [2.45, 2.75) is 12.3 Å². The Hall–Kier alpha value is -3.40. The minimum Gasteiger partial charge on any atom is -0.350 e. The van der Waals surface area contributed by atoms with Gasteiger partial charge < -0.3 is 4.57 Å². The minimum atomic E-state index is -0.442. The molecule has 1 aromatic heterocycles. The van der Waals surface area contributed by atoms with Crippen molar-refractivity contribution < 1.29 is 9.59 Å². The molecule has 4 heteroatoms. The van der Waals surface area contributed by atoms with E-state index in [1.165, 1.54) is 4.90 Å². The molecule has 4 nitrogen and oxygen atoms in total. The fraction of sp³-hybridized carbons (Fsp3) is 0.130. The first kappa shape index (κ1) is 15.8. The molecule has 1 aliphatic heterocycles. The lowest BCUT2D eigenvalue weighted by Gasteiger charge is -2.17. The summed E-state index contributed by atoms with van der Waals surface area (Å²) in [7, 11) is 1.97. The first-order chi connectivity index (χ1) is 13.1. The molecule has 1 aliphatic rings. The monoisotopic (exact) mass is 354 g/mol. The number of aryl methyl sites for hydroxylation is 1. The van der Waals surface area contributed by atoms with Crippen LogP contribution in [-0.2, 0) is 16.6 Å². The Kier molecular flexibility index (Phi) is 3.41. The zero-order valence-corrected chi connectivity index (χ0v) is 14.9. The summed E-state index contributed by atoms with van der Waals surface area (Å²) in [5.41, 5.74) is 2.66. The van der Waals surface area contributed by atoms with Gasteiger partial charge in [-0.1, -0.05) is 54.6 Å². The SMILES string of the molecule is Cn1cc(C2CC(=O)N(c3cccc4ccccc34)C2=O)c2ccccc21. The number of imide groups is 1. The maximum atomic E-state index is 13.3. The molecule has 1 fully saturated rings. The van der Waals surface area contributed by atoms with Crippen molar-refractivity contribution in [3.8, 4) is 0 Å². The van der Waals surface area contributed by atoms with E-state index in [2.05, 4.69) is 0 Å². The van der Waals surface area contributed by atoms with E-state index in [9.17, 15) is 9.59 Å². The van der Waals surface area contributed by atoms with Crippen molar-refractivity contribution in [3.63, 3.8) is 0 Å². The van der Waals surface area contributed by atoms with E-state index in [-0.39, 0.29) is 18.2 Å². The quantitative estimate of drug-likeness (QED) is 0.501. The molecular weight excluding hydrogens is 336 g/mol. The molecule has 1 saturated heterocycles. The van der Waals surface area contributed by atoms with E-state index in [1.807, 2.05) is 84.5 Å². The Morgan fingerprint density at radius 1 is 0.852 bits per heavy atom. The number of carbonyl (C=O) groups excluding carboxylic acids is 2. The number of para-hydroxylation sites is 1. The highest BCUT2D eigenvalue weighted by Gasteiger charge is 2.42. The maximum absolute atomic E-state index is 13.3. The van der Waals surface area contributed by atoms with Crippen LogP contribution in [0.4, 0.5) is 5.69 Å². The molecule has 1 atom stereocenters. The summed E-state index contributed by atoms with van der Waals surface area (Å²) < 4.78 is 2.02. The lowest BCUT2D eigenvalue weighted by molar-refractivity contribution is -0.121. The third kappa shape index (κ3) is 2.30. The van der Waals surface area contributed by atoms with Crippen molar-refractivity contribution in [2.24, 2.45) is 7.05 Å². The Morgan fingerprint density at radius 3 is 2.41 bits per heavy atom. The van der Waals surface area contributed by atoms with Crippen LogP contribution in [0.3, 0.4) is 0 Å². The van der Waals surface area contributed by atoms with Gasteiger partial charge in [0.15, 0.2) is 0 Å². The van der Waals surface area contributed by atoms with Crippen LogP contribution in [0.5, 0.6) is 0 Å². The van der Waals surface area contributed by atoms with Crippen LogP contribution >= 0.6 is 0 Å². The van der Waals surface area contributed by atoms with Gasteiger partial charge in [-0.2, -0.15) is 0 Å². The number of fused-ring (bicyclic) bond motifs is 2. The van der Waals surface area contributed by atoms with Gasteiger partial charge in [0.25, 0.3) is 0 Å². The van der Waals surface area contributed by atoms with Crippen molar-refractivity contribution in [3.05, 3.63) is 78.5 Å². The summed E-state index contributed by atoms with van der Waals surface area (Å²) in [6, 6.07) is 21.6. The number of aromatic nitrogens is 1. The van der Waals surface area contributed by atoms with Crippen LogP contribution in [0.1, 0.15) is 17.9 Å². The molecule has 0 N–H and O–H groups in total. The van der Waals surface area contributed by atoms with Crippen molar-refractivity contribution in [1.82, 2.24) is 4.57 Å². The summed E-state index contributed by atoms with van der Waals surface area (Å²) in [4.78, 5) is 27.5. The standard InChI is InChI=1S/C23H18N2O2/c1-24-14-19(17-10-4-5-11-20(17)24)18-13-22(26)25(23(18)27)21-12-6-8-15-7-2-3-9-16(15)21/h2-12,14,18H,13H2,1H3. The number of benzene rings is 3. The predicted molar refractivity (Wildman–Crippen MR) is 107 cm³/mol. The molecule has 0 bridgehead atoms. The number of hydrogen-bond donors (Lipinski definition) is 0. The first-order valence-corrected chi connectivity index (χ1v) is 9.03. The summed E-state index contributed by atoms with van der Waals surface area (Å²) in [5, 5.41) is 2.97. The van der Waals surface area contributed by atoms with Crippen molar-refractivity contribution in [2.75, 3.05) is 4.90 Å². The Bertz CT molecular complexity index is 1220.